The van der Waals surface area contributed by atoms with E-state index >= 15 is 0 Å². The molecule has 0 unspecified atom stereocenters. The van der Waals surface area contributed by atoms with Gasteiger partial charge in [0.2, 0.25) is 0 Å². The van der Waals surface area contributed by atoms with Crippen LogP contribution < -0.4 is 0 Å². The summed E-state index contributed by atoms with van der Waals surface area (Å²) in [5.74, 6) is 1.25. The molecule has 0 bridgehead atoms. The minimum atomic E-state index is 0.260. The molecule has 1 nitrogen and oxygen atoms in total. The largest absolute Gasteiger partial charge is 0.356 e. The van der Waals surface area contributed by atoms with Gasteiger partial charge in [-0.1, -0.05) is 0 Å². The Kier molecular flexibility index (Phi) is 5.64. The smallest absolute Gasteiger partial charge is 0.186 e. The van der Waals surface area contributed by atoms with E-state index < -0.39 is 0 Å². The number of hydrogen-bond donors (Lipinski definition) is 1. The van der Waals surface area contributed by atoms with Crippen LogP contribution in [0.15, 0.2) is 0 Å². The molecular weight excluding hydrogens is 112 g/mol. The molecule has 0 saturated heterocycles. The Morgan fingerprint density at radius 2 is 2.22 bits per heavy atom. The van der Waals surface area contributed by atoms with Crippen LogP contribution in [0.4, 0.5) is 0 Å². The number of aliphatic hydroxyl groups is 1. The molecule has 0 aromatic heterocycles. The molecule has 0 amide bonds. The van der Waals surface area contributed by atoms with Crippen molar-refractivity contribution in [3.8, 4) is 0 Å². The molecular formula is C8H16O+2. The van der Waals surface area contributed by atoms with E-state index in [2.05, 4.69) is 13.8 Å². The fourth-order valence-corrected chi connectivity index (χ4v) is 0.743. The zero-order valence-corrected chi connectivity index (χ0v) is 6.19. The van der Waals surface area contributed by atoms with E-state index in [0.717, 1.165) is 25.7 Å². The van der Waals surface area contributed by atoms with Gasteiger partial charge in [0.1, 0.15) is 5.92 Å². The van der Waals surface area contributed by atoms with Crippen LogP contribution in [0.1, 0.15) is 32.6 Å². The molecule has 0 aliphatic heterocycles. The van der Waals surface area contributed by atoms with E-state index in [9.17, 15) is 0 Å². The van der Waals surface area contributed by atoms with Crippen LogP contribution in [0.5, 0.6) is 0 Å². The molecule has 0 aromatic rings. The summed E-state index contributed by atoms with van der Waals surface area (Å²) in [6, 6.07) is 0. The second kappa shape index (κ2) is 5.83. The predicted molar refractivity (Wildman–Crippen MR) is 39.8 cm³/mol. The summed E-state index contributed by atoms with van der Waals surface area (Å²) in [7, 11) is 0. The highest BCUT2D eigenvalue weighted by molar-refractivity contribution is 4.86. The van der Waals surface area contributed by atoms with Crippen molar-refractivity contribution in [2.24, 2.45) is 0 Å². The van der Waals surface area contributed by atoms with Crippen molar-refractivity contribution < 1.29 is 5.11 Å². The monoisotopic (exact) mass is 128 g/mol. The molecule has 0 aliphatic rings. The van der Waals surface area contributed by atoms with E-state index in [1.807, 2.05) is 0 Å². The Hall–Kier alpha value is -0.300. The summed E-state index contributed by atoms with van der Waals surface area (Å²) in [6.45, 7) is 6.07. The Morgan fingerprint density at radius 3 is 2.56 bits per heavy atom. The first-order valence-corrected chi connectivity index (χ1v) is 3.58. The fourth-order valence-electron chi connectivity index (χ4n) is 0.743. The van der Waals surface area contributed by atoms with Crippen molar-refractivity contribution in [2.75, 3.05) is 6.61 Å². The van der Waals surface area contributed by atoms with Gasteiger partial charge in [-0.15, -0.1) is 0 Å². The molecule has 0 saturated carbocycles. The maximum absolute atomic E-state index is 8.70. The molecule has 0 aliphatic carbocycles. The third-order valence-corrected chi connectivity index (χ3v) is 1.50. The normalized spacial score (nSPS) is 9.56. The van der Waals surface area contributed by atoms with Crippen LogP contribution in [0.3, 0.4) is 0 Å². The molecule has 0 spiro atoms. The summed E-state index contributed by atoms with van der Waals surface area (Å²) in [6.07, 6.45) is 4.15. The van der Waals surface area contributed by atoms with Gasteiger partial charge in [-0.25, -0.2) is 0 Å². The van der Waals surface area contributed by atoms with E-state index in [4.69, 9.17) is 5.11 Å². The standard InChI is InChI=1S/C8H16O/c1-3-5-6-8(4-2)7-9/h9H,1,3-7H2,2H3/q+2. The van der Waals surface area contributed by atoms with Crippen LogP contribution in [0, 0.1) is 12.8 Å². The van der Waals surface area contributed by atoms with Crippen molar-refractivity contribution >= 4 is 0 Å². The lowest BCUT2D eigenvalue weighted by molar-refractivity contribution is 0.295. The SMILES string of the molecule is [CH2+]CCC[C+](CC)CO. The number of hydrogen-bond acceptors (Lipinski definition) is 1. The molecule has 0 aromatic carbocycles. The molecule has 0 radical (unpaired) electrons. The van der Waals surface area contributed by atoms with Crippen molar-refractivity contribution in [1.82, 2.24) is 0 Å². The van der Waals surface area contributed by atoms with Crippen LogP contribution >= 0.6 is 0 Å². The molecule has 0 rings (SSSR count). The van der Waals surface area contributed by atoms with Gasteiger partial charge in [0.15, 0.2) is 6.61 Å². The third-order valence-electron chi connectivity index (χ3n) is 1.50. The molecule has 9 heavy (non-hydrogen) atoms. The quantitative estimate of drug-likeness (QED) is 0.561. The van der Waals surface area contributed by atoms with Gasteiger partial charge in [-0.05, 0) is 6.92 Å². The molecule has 0 atom stereocenters. The van der Waals surface area contributed by atoms with Gasteiger partial charge < -0.3 is 5.11 Å². The minimum Gasteiger partial charge on any atom is -0.356 e. The van der Waals surface area contributed by atoms with E-state index in [0.29, 0.717) is 0 Å². The van der Waals surface area contributed by atoms with E-state index in [1.54, 1.807) is 0 Å². The first kappa shape index (κ1) is 8.70. The van der Waals surface area contributed by atoms with Crippen LogP contribution in [0.25, 0.3) is 0 Å². The van der Waals surface area contributed by atoms with Gasteiger partial charge in [0.25, 0.3) is 0 Å². The summed E-state index contributed by atoms with van der Waals surface area (Å²) in [4.78, 5) is 0. The summed E-state index contributed by atoms with van der Waals surface area (Å²) in [5.41, 5.74) is 0. The number of unbranched alkanes of at least 4 members (excludes halogenated alkanes) is 1. The molecule has 0 fully saturated rings. The van der Waals surface area contributed by atoms with Crippen molar-refractivity contribution in [3.63, 3.8) is 0 Å². The average Bonchev–Trinajstić information content (AvgIpc) is 1.91. The topological polar surface area (TPSA) is 20.2 Å². The minimum absolute atomic E-state index is 0.260. The predicted octanol–water partition coefficient (Wildman–Crippen LogP) is 1.97. The number of aliphatic hydroxyl groups excluding tert-OH is 1. The highest BCUT2D eigenvalue weighted by atomic mass is 16.3. The average molecular weight is 128 g/mol. The van der Waals surface area contributed by atoms with Crippen LogP contribution in [-0.2, 0) is 0 Å². The molecule has 1 heteroatoms. The Morgan fingerprint density at radius 1 is 1.56 bits per heavy atom. The fraction of sp³-hybridized carbons (Fsp3) is 0.750. The molecule has 1 N–H and O–H groups in total. The maximum Gasteiger partial charge on any atom is 0.186 e. The summed E-state index contributed by atoms with van der Waals surface area (Å²) in [5, 5.41) is 8.70. The van der Waals surface area contributed by atoms with Crippen molar-refractivity contribution in [2.45, 2.75) is 32.6 Å². The maximum atomic E-state index is 8.70. The molecule has 0 heterocycles. The third kappa shape index (κ3) is 4.22. The van der Waals surface area contributed by atoms with Gasteiger partial charge in [-0.3, -0.25) is 0 Å². The molecule has 52 valence electrons. The van der Waals surface area contributed by atoms with E-state index in [-0.39, 0.29) is 6.61 Å². The van der Waals surface area contributed by atoms with Crippen LogP contribution in [-0.4, -0.2) is 11.7 Å². The highest BCUT2D eigenvalue weighted by Gasteiger charge is 2.14. The van der Waals surface area contributed by atoms with Gasteiger partial charge in [0.05, 0.1) is 26.2 Å². The Bertz CT molecular complexity index is 48.5. The second-order valence-corrected chi connectivity index (χ2v) is 2.22. The zero-order chi connectivity index (χ0) is 7.11. The highest BCUT2D eigenvalue weighted by Crippen LogP contribution is 2.12. The zero-order valence-electron chi connectivity index (χ0n) is 6.19. The summed E-state index contributed by atoms with van der Waals surface area (Å²) >= 11 is 0. The second-order valence-electron chi connectivity index (χ2n) is 2.22. The number of rotatable bonds is 5. The van der Waals surface area contributed by atoms with E-state index in [1.165, 1.54) is 5.92 Å². The van der Waals surface area contributed by atoms with Crippen molar-refractivity contribution in [3.05, 3.63) is 12.8 Å². The Balaban J connectivity index is 3.09. The first-order chi connectivity index (χ1) is 4.35. The van der Waals surface area contributed by atoms with Gasteiger partial charge in [0, 0.05) is 6.42 Å². The first-order valence-electron chi connectivity index (χ1n) is 3.58. The summed E-state index contributed by atoms with van der Waals surface area (Å²) < 4.78 is 0. The lowest BCUT2D eigenvalue weighted by atomic mass is 10.0. The lowest BCUT2D eigenvalue weighted by Crippen LogP contribution is -2.00. The lowest BCUT2D eigenvalue weighted by Gasteiger charge is -1.96. The van der Waals surface area contributed by atoms with Crippen molar-refractivity contribution in [1.29, 1.82) is 0 Å². The van der Waals surface area contributed by atoms with Gasteiger partial charge >= 0.3 is 0 Å². The van der Waals surface area contributed by atoms with Gasteiger partial charge in [-0.2, -0.15) is 0 Å². The Labute approximate surface area is 58.1 Å². The van der Waals surface area contributed by atoms with Crippen LogP contribution in [0.2, 0.25) is 0 Å².